The van der Waals surface area contributed by atoms with Crippen molar-refractivity contribution in [3.63, 3.8) is 0 Å². The molecule has 0 spiro atoms. The molecule has 1 N–H and O–H groups in total. The van der Waals surface area contributed by atoms with E-state index in [4.69, 9.17) is 0 Å². The highest BCUT2D eigenvalue weighted by molar-refractivity contribution is 5.80. The van der Waals surface area contributed by atoms with Gasteiger partial charge in [0.1, 0.15) is 5.78 Å². The zero-order valence-electron chi connectivity index (χ0n) is 7.49. The number of aliphatic hydroxyl groups excluding tert-OH is 1. The summed E-state index contributed by atoms with van der Waals surface area (Å²) in [6.07, 6.45) is 3.90. The highest BCUT2D eigenvalue weighted by atomic mass is 16.3. The van der Waals surface area contributed by atoms with Crippen molar-refractivity contribution in [2.75, 3.05) is 0 Å². The van der Waals surface area contributed by atoms with Gasteiger partial charge in [0, 0.05) is 0 Å². The summed E-state index contributed by atoms with van der Waals surface area (Å²) in [5.74, 6) is -0.466. The summed E-state index contributed by atoms with van der Waals surface area (Å²) in [7, 11) is 0. The topological polar surface area (TPSA) is 37.3 Å². The van der Waals surface area contributed by atoms with E-state index in [0.717, 1.165) is 6.42 Å². The monoisotopic (exact) mass is 168 g/mol. The molecule has 0 radical (unpaired) electrons. The third-order valence-electron chi connectivity index (χ3n) is 1.80. The first-order chi connectivity index (χ1) is 5.63. The van der Waals surface area contributed by atoms with Crippen LogP contribution in [0.15, 0.2) is 25.3 Å². The molecule has 0 unspecified atom stereocenters. The fraction of sp³-hybridized carbons (Fsp3) is 0.500. The van der Waals surface area contributed by atoms with Gasteiger partial charge < -0.3 is 5.11 Å². The second-order valence-electron chi connectivity index (χ2n) is 2.81. The summed E-state index contributed by atoms with van der Waals surface area (Å²) in [6, 6.07) is 0. The van der Waals surface area contributed by atoms with E-state index >= 15 is 0 Å². The molecule has 0 bridgehead atoms. The van der Waals surface area contributed by atoms with Gasteiger partial charge in [0.25, 0.3) is 0 Å². The first-order valence-electron chi connectivity index (χ1n) is 4.05. The van der Waals surface area contributed by atoms with Crippen LogP contribution in [0.4, 0.5) is 0 Å². The second kappa shape index (κ2) is 5.72. The number of allylic oxidation sites excluding steroid dienone is 1. The lowest BCUT2D eigenvalue weighted by Crippen LogP contribution is -2.24. The van der Waals surface area contributed by atoms with Gasteiger partial charge in [-0.15, -0.1) is 13.2 Å². The third-order valence-corrected chi connectivity index (χ3v) is 1.80. The summed E-state index contributed by atoms with van der Waals surface area (Å²) in [5, 5.41) is 9.47. The summed E-state index contributed by atoms with van der Waals surface area (Å²) in [5.41, 5.74) is 0. The number of Topliss-reactive ketones (excluding diaryl/α,β-unsaturated/α-hetero) is 1. The number of aliphatic hydroxyl groups is 1. The number of carbonyl (C=O) groups excluding carboxylic acids is 1. The van der Waals surface area contributed by atoms with E-state index in [9.17, 15) is 9.90 Å². The summed E-state index contributed by atoms with van der Waals surface area (Å²) >= 11 is 0. The van der Waals surface area contributed by atoms with Gasteiger partial charge in [0.05, 0.1) is 12.0 Å². The molecule has 0 rings (SSSR count). The molecular formula is C10H16O2. The lowest BCUT2D eigenvalue weighted by atomic mass is 9.95. The Bertz CT molecular complexity index is 173. The average molecular weight is 168 g/mol. The van der Waals surface area contributed by atoms with Crippen LogP contribution in [0.2, 0.25) is 0 Å². The minimum atomic E-state index is -0.613. The molecule has 0 heterocycles. The van der Waals surface area contributed by atoms with Gasteiger partial charge in [-0.1, -0.05) is 12.2 Å². The molecule has 0 saturated heterocycles. The maximum absolute atomic E-state index is 10.9. The van der Waals surface area contributed by atoms with E-state index in [1.807, 2.05) is 0 Å². The lowest BCUT2D eigenvalue weighted by Gasteiger charge is -2.15. The predicted molar refractivity (Wildman–Crippen MR) is 49.8 cm³/mol. The Labute approximate surface area is 73.6 Å². The van der Waals surface area contributed by atoms with E-state index in [1.54, 1.807) is 6.08 Å². The van der Waals surface area contributed by atoms with Crippen molar-refractivity contribution in [2.24, 2.45) is 5.92 Å². The van der Waals surface area contributed by atoms with E-state index in [0.29, 0.717) is 6.42 Å². The molecule has 0 aromatic carbocycles. The highest BCUT2D eigenvalue weighted by Gasteiger charge is 2.18. The Balaban J connectivity index is 4.01. The quantitative estimate of drug-likeness (QED) is 0.613. The van der Waals surface area contributed by atoms with Crippen LogP contribution in [0.25, 0.3) is 0 Å². The second-order valence-corrected chi connectivity index (χ2v) is 2.81. The van der Waals surface area contributed by atoms with Gasteiger partial charge in [0.2, 0.25) is 0 Å². The van der Waals surface area contributed by atoms with Crippen molar-refractivity contribution in [1.29, 1.82) is 0 Å². The fourth-order valence-corrected chi connectivity index (χ4v) is 1.06. The normalized spacial score (nSPS) is 14.8. The van der Waals surface area contributed by atoms with Gasteiger partial charge >= 0.3 is 0 Å². The Kier molecular flexibility index (Phi) is 5.30. The van der Waals surface area contributed by atoms with Crippen LogP contribution in [0.1, 0.15) is 19.8 Å². The molecule has 2 heteroatoms. The molecule has 0 aliphatic heterocycles. The number of carbonyl (C=O) groups is 1. The van der Waals surface area contributed by atoms with Crippen molar-refractivity contribution in [3.8, 4) is 0 Å². The van der Waals surface area contributed by atoms with E-state index in [-0.39, 0.29) is 5.78 Å². The van der Waals surface area contributed by atoms with Crippen LogP contribution in [0.5, 0.6) is 0 Å². The van der Waals surface area contributed by atoms with E-state index in [1.165, 1.54) is 13.0 Å². The Morgan fingerprint density at radius 1 is 1.58 bits per heavy atom. The predicted octanol–water partition coefficient (Wildman–Crippen LogP) is 1.70. The largest absolute Gasteiger partial charge is 0.392 e. The maximum atomic E-state index is 10.9. The SMILES string of the molecule is C=CCC[C@@H](O)[C@H](C=C)C(C)=O. The van der Waals surface area contributed by atoms with Crippen molar-refractivity contribution in [1.82, 2.24) is 0 Å². The van der Waals surface area contributed by atoms with Gasteiger partial charge in [-0.2, -0.15) is 0 Å². The van der Waals surface area contributed by atoms with Crippen LogP contribution in [0, 0.1) is 5.92 Å². The number of hydrogen-bond acceptors (Lipinski definition) is 2. The minimum absolute atomic E-state index is 0.0402. The average Bonchev–Trinajstić information content (AvgIpc) is 2.01. The molecule has 0 fully saturated rings. The lowest BCUT2D eigenvalue weighted by molar-refractivity contribution is -0.122. The van der Waals surface area contributed by atoms with Crippen molar-refractivity contribution < 1.29 is 9.90 Å². The van der Waals surface area contributed by atoms with Crippen LogP contribution < -0.4 is 0 Å². The van der Waals surface area contributed by atoms with Gasteiger partial charge in [-0.25, -0.2) is 0 Å². The molecule has 0 aliphatic carbocycles. The smallest absolute Gasteiger partial charge is 0.139 e. The molecule has 0 aliphatic rings. The molecule has 68 valence electrons. The summed E-state index contributed by atoms with van der Waals surface area (Å²) < 4.78 is 0. The third kappa shape index (κ3) is 3.49. The minimum Gasteiger partial charge on any atom is -0.392 e. The van der Waals surface area contributed by atoms with Crippen LogP contribution in [-0.4, -0.2) is 17.0 Å². The standard InChI is InChI=1S/C10H16O2/c1-4-6-7-10(12)9(5-2)8(3)11/h4-5,9-10,12H,1-2,6-7H2,3H3/t9-,10-/m1/s1. The van der Waals surface area contributed by atoms with E-state index < -0.39 is 12.0 Å². The molecule has 0 aromatic rings. The summed E-state index contributed by atoms with van der Waals surface area (Å²) in [4.78, 5) is 10.9. The number of ketones is 1. The van der Waals surface area contributed by atoms with Crippen molar-refractivity contribution in [2.45, 2.75) is 25.9 Å². The zero-order chi connectivity index (χ0) is 9.56. The van der Waals surface area contributed by atoms with Crippen molar-refractivity contribution >= 4 is 5.78 Å². The zero-order valence-corrected chi connectivity index (χ0v) is 7.49. The maximum Gasteiger partial charge on any atom is 0.139 e. The molecule has 0 saturated carbocycles. The number of hydrogen-bond donors (Lipinski definition) is 1. The van der Waals surface area contributed by atoms with Gasteiger partial charge in [0.15, 0.2) is 0 Å². The Hall–Kier alpha value is -0.890. The molecule has 12 heavy (non-hydrogen) atoms. The van der Waals surface area contributed by atoms with Gasteiger partial charge in [-0.3, -0.25) is 4.79 Å². The molecule has 2 atom stereocenters. The van der Waals surface area contributed by atoms with Crippen LogP contribution in [-0.2, 0) is 4.79 Å². The van der Waals surface area contributed by atoms with Gasteiger partial charge in [-0.05, 0) is 19.8 Å². The summed E-state index contributed by atoms with van der Waals surface area (Å²) in [6.45, 7) is 8.51. The Morgan fingerprint density at radius 2 is 2.17 bits per heavy atom. The highest BCUT2D eigenvalue weighted by Crippen LogP contribution is 2.12. The first kappa shape index (κ1) is 11.1. The molecule has 2 nitrogen and oxygen atoms in total. The fourth-order valence-electron chi connectivity index (χ4n) is 1.06. The van der Waals surface area contributed by atoms with Crippen LogP contribution in [0.3, 0.4) is 0 Å². The van der Waals surface area contributed by atoms with E-state index in [2.05, 4.69) is 13.2 Å². The number of rotatable bonds is 6. The molecule has 0 amide bonds. The molecular weight excluding hydrogens is 152 g/mol. The Morgan fingerprint density at radius 3 is 2.50 bits per heavy atom. The van der Waals surface area contributed by atoms with Crippen molar-refractivity contribution in [3.05, 3.63) is 25.3 Å². The molecule has 0 aromatic heterocycles. The van der Waals surface area contributed by atoms with Crippen LogP contribution >= 0.6 is 0 Å². The first-order valence-corrected chi connectivity index (χ1v) is 4.05.